The predicted octanol–water partition coefficient (Wildman–Crippen LogP) is 1.64. The van der Waals surface area contributed by atoms with E-state index in [9.17, 15) is 24.0 Å². The average molecular weight is 220 g/mol. The standard InChI is InChI=1S/C7H6F2N2O4/c1-15-3-2-10-4(7(8)9)6(12)5(3)11(13)14/h2,7,12H,1H3. The van der Waals surface area contributed by atoms with Gasteiger partial charge in [-0.05, 0) is 0 Å². The third-order valence-electron chi connectivity index (χ3n) is 1.63. The first-order valence-electron chi connectivity index (χ1n) is 3.67. The van der Waals surface area contributed by atoms with Crippen molar-refractivity contribution in [1.82, 2.24) is 4.98 Å². The van der Waals surface area contributed by atoms with Gasteiger partial charge in [0.1, 0.15) is 0 Å². The highest BCUT2D eigenvalue weighted by atomic mass is 19.3. The second kappa shape index (κ2) is 4.03. The lowest BCUT2D eigenvalue weighted by molar-refractivity contribution is -0.387. The van der Waals surface area contributed by atoms with E-state index in [1.54, 1.807) is 0 Å². The molecule has 8 heteroatoms. The van der Waals surface area contributed by atoms with Gasteiger partial charge >= 0.3 is 5.69 Å². The molecule has 6 nitrogen and oxygen atoms in total. The van der Waals surface area contributed by atoms with Gasteiger partial charge in [0.15, 0.2) is 5.69 Å². The van der Waals surface area contributed by atoms with E-state index in [-0.39, 0.29) is 5.75 Å². The van der Waals surface area contributed by atoms with Crippen molar-refractivity contribution in [2.75, 3.05) is 7.11 Å². The number of rotatable bonds is 3. The van der Waals surface area contributed by atoms with E-state index in [1.165, 1.54) is 0 Å². The molecule has 0 atom stereocenters. The maximum Gasteiger partial charge on any atom is 0.355 e. The molecule has 0 spiro atoms. The first-order valence-corrected chi connectivity index (χ1v) is 3.67. The zero-order valence-corrected chi connectivity index (χ0v) is 7.48. The molecule has 1 aromatic rings. The van der Waals surface area contributed by atoms with E-state index in [4.69, 9.17) is 0 Å². The van der Waals surface area contributed by atoms with Gasteiger partial charge in [-0.2, -0.15) is 0 Å². The highest BCUT2D eigenvalue weighted by Gasteiger charge is 2.28. The van der Waals surface area contributed by atoms with Gasteiger partial charge in [-0.3, -0.25) is 10.1 Å². The summed E-state index contributed by atoms with van der Waals surface area (Å²) in [5.74, 6) is -1.55. The Kier molecular flexibility index (Phi) is 2.98. The first kappa shape index (κ1) is 11.1. The summed E-state index contributed by atoms with van der Waals surface area (Å²) in [7, 11) is 1.10. The molecule has 0 unspecified atom stereocenters. The summed E-state index contributed by atoms with van der Waals surface area (Å²) in [6.45, 7) is 0. The Labute approximate surface area is 82.3 Å². The monoisotopic (exact) mass is 220 g/mol. The van der Waals surface area contributed by atoms with Gasteiger partial charge in [0.05, 0.1) is 18.2 Å². The van der Waals surface area contributed by atoms with Crippen LogP contribution in [0.4, 0.5) is 14.5 Å². The molecular weight excluding hydrogens is 214 g/mol. The van der Waals surface area contributed by atoms with E-state index in [2.05, 4.69) is 9.72 Å². The molecule has 0 fully saturated rings. The fourth-order valence-electron chi connectivity index (χ4n) is 0.974. The Balaban J connectivity index is 3.42. The van der Waals surface area contributed by atoms with Crippen LogP contribution in [0.3, 0.4) is 0 Å². The van der Waals surface area contributed by atoms with Crippen molar-refractivity contribution in [2.45, 2.75) is 6.43 Å². The third kappa shape index (κ3) is 1.92. The molecule has 0 bridgehead atoms. The van der Waals surface area contributed by atoms with Crippen LogP contribution in [0.1, 0.15) is 12.1 Å². The van der Waals surface area contributed by atoms with Crippen LogP contribution in [0.25, 0.3) is 0 Å². The highest BCUT2D eigenvalue weighted by molar-refractivity contribution is 5.57. The molecule has 0 aliphatic rings. The van der Waals surface area contributed by atoms with Crippen molar-refractivity contribution >= 4 is 5.69 Å². The fourth-order valence-corrected chi connectivity index (χ4v) is 0.974. The molecule has 1 rings (SSSR count). The number of methoxy groups -OCH3 is 1. The molecule has 0 saturated heterocycles. The SMILES string of the molecule is COc1cnc(C(F)F)c(O)c1[N+](=O)[O-]. The summed E-state index contributed by atoms with van der Waals surface area (Å²) in [6, 6.07) is 0. The van der Waals surface area contributed by atoms with Gasteiger partial charge < -0.3 is 9.84 Å². The molecular formula is C7H6F2N2O4. The van der Waals surface area contributed by atoms with Crippen molar-refractivity contribution < 1.29 is 23.5 Å². The third-order valence-corrected chi connectivity index (χ3v) is 1.63. The molecule has 0 radical (unpaired) electrons. The minimum absolute atomic E-state index is 0.373. The summed E-state index contributed by atoms with van der Waals surface area (Å²) >= 11 is 0. The van der Waals surface area contributed by atoms with Crippen LogP contribution in [0, 0.1) is 10.1 Å². The van der Waals surface area contributed by atoms with Gasteiger partial charge in [-0.1, -0.05) is 0 Å². The quantitative estimate of drug-likeness (QED) is 0.618. The zero-order valence-electron chi connectivity index (χ0n) is 7.48. The lowest BCUT2D eigenvalue weighted by Gasteiger charge is -2.06. The van der Waals surface area contributed by atoms with Gasteiger partial charge in [-0.25, -0.2) is 13.8 Å². The van der Waals surface area contributed by atoms with Gasteiger partial charge in [0.2, 0.25) is 11.5 Å². The normalized spacial score (nSPS) is 10.4. The Bertz CT molecular complexity index is 397. The van der Waals surface area contributed by atoms with Crippen LogP contribution in [0.5, 0.6) is 11.5 Å². The Hall–Kier alpha value is -1.99. The number of nitro groups is 1. The summed E-state index contributed by atoms with van der Waals surface area (Å²) in [6.07, 6.45) is -2.33. The predicted molar refractivity (Wildman–Crippen MR) is 44.1 cm³/mol. The van der Waals surface area contributed by atoms with E-state index >= 15 is 0 Å². The van der Waals surface area contributed by atoms with E-state index < -0.39 is 28.5 Å². The van der Waals surface area contributed by atoms with Crippen molar-refractivity contribution in [1.29, 1.82) is 0 Å². The number of alkyl halides is 2. The van der Waals surface area contributed by atoms with Crippen molar-refractivity contribution in [3.63, 3.8) is 0 Å². The molecule has 15 heavy (non-hydrogen) atoms. The van der Waals surface area contributed by atoms with Crippen molar-refractivity contribution in [2.24, 2.45) is 0 Å². The fraction of sp³-hybridized carbons (Fsp3) is 0.286. The maximum absolute atomic E-state index is 12.2. The number of hydrogen-bond acceptors (Lipinski definition) is 5. The Morgan fingerprint density at radius 1 is 1.67 bits per heavy atom. The molecule has 1 N–H and O–H groups in total. The molecule has 0 saturated carbocycles. The molecule has 0 aromatic carbocycles. The van der Waals surface area contributed by atoms with E-state index in [0.29, 0.717) is 0 Å². The second-order valence-electron chi connectivity index (χ2n) is 2.47. The molecule has 1 aromatic heterocycles. The van der Waals surface area contributed by atoms with Crippen LogP contribution >= 0.6 is 0 Å². The van der Waals surface area contributed by atoms with Crippen LogP contribution < -0.4 is 4.74 Å². The number of ether oxygens (including phenoxy) is 1. The number of pyridine rings is 1. The van der Waals surface area contributed by atoms with Gasteiger partial charge in [0.25, 0.3) is 6.43 Å². The van der Waals surface area contributed by atoms with E-state index in [0.717, 1.165) is 13.3 Å². The minimum Gasteiger partial charge on any atom is -0.501 e. The molecule has 1 heterocycles. The van der Waals surface area contributed by atoms with Crippen LogP contribution in [0.2, 0.25) is 0 Å². The maximum atomic E-state index is 12.2. The van der Waals surface area contributed by atoms with Gasteiger partial charge in [-0.15, -0.1) is 0 Å². The highest BCUT2D eigenvalue weighted by Crippen LogP contribution is 2.40. The smallest absolute Gasteiger partial charge is 0.355 e. The zero-order chi connectivity index (χ0) is 11.6. The molecule has 0 amide bonds. The number of aromatic nitrogens is 1. The van der Waals surface area contributed by atoms with Crippen LogP contribution in [-0.2, 0) is 0 Å². The largest absolute Gasteiger partial charge is 0.501 e. The summed E-state index contributed by atoms with van der Waals surface area (Å²) in [4.78, 5) is 12.6. The van der Waals surface area contributed by atoms with Crippen molar-refractivity contribution in [3.8, 4) is 11.5 Å². The summed E-state index contributed by atoms with van der Waals surface area (Å²) in [5.41, 5.74) is -1.95. The topological polar surface area (TPSA) is 85.5 Å². The number of aromatic hydroxyl groups is 1. The van der Waals surface area contributed by atoms with E-state index in [1.807, 2.05) is 0 Å². The lowest BCUT2D eigenvalue weighted by Crippen LogP contribution is -1.99. The number of nitrogens with zero attached hydrogens (tertiary/aromatic N) is 2. The average Bonchev–Trinajstić information content (AvgIpc) is 2.15. The lowest BCUT2D eigenvalue weighted by atomic mass is 10.2. The van der Waals surface area contributed by atoms with Gasteiger partial charge in [0, 0.05) is 0 Å². The summed E-state index contributed by atoms with van der Waals surface area (Å²) in [5, 5.41) is 19.6. The first-order chi connectivity index (χ1) is 6.99. The van der Waals surface area contributed by atoms with Crippen molar-refractivity contribution in [3.05, 3.63) is 22.0 Å². The number of halogens is 2. The minimum atomic E-state index is -3.09. The molecule has 0 aliphatic carbocycles. The van der Waals surface area contributed by atoms with Crippen LogP contribution in [-0.4, -0.2) is 22.1 Å². The van der Waals surface area contributed by atoms with Crippen LogP contribution in [0.15, 0.2) is 6.20 Å². The molecule has 0 aliphatic heterocycles. The Morgan fingerprint density at radius 2 is 2.27 bits per heavy atom. The second-order valence-corrected chi connectivity index (χ2v) is 2.47. The Morgan fingerprint density at radius 3 is 2.67 bits per heavy atom. The number of hydrogen-bond donors (Lipinski definition) is 1. The summed E-state index contributed by atoms with van der Waals surface area (Å²) < 4.78 is 29.0. The molecule has 82 valence electrons.